The molecule has 1 rings (SSSR count). The molecule has 3 nitrogen and oxygen atoms in total. The van der Waals surface area contributed by atoms with Crippen LogP contribution in [0.3, 0.4) is 0 Å². The van der Waals surface area contributed by atoms with Gasteiger partial charge in [0.15, 0.2) is 0 Å². The van der Waals surface area contributed by atoms with Crippen molar-refractivity contribution >= 4 is 0 Å². The van der Waals surface area contributed by atoms with Gasteiger partial charge in [-0.3, -0.25) is 0 Å². The van der Waals surface area contributed by atoms with Crippen LogP contribution in [0.5, 0.6) is 5.75 Å². The van der Waals surface area contributed by atoms with Crippen molar-refractivity contribution in [1.29, 1.82) is 0 Å². The van der Waals surface area contributed by atoms with Crippen LogP contribution in [-0.4, -0.2) is 20.8 Å². The molecule has 1 aromatic rings. The molecule has 0 saturated carbocycles. The Morgan fingerprint density at radius 3 is 2.60 bits per heavy atom. The summed E-state index contributed by atoms with van der Waals surface area (Å²) in [5.41, 5.74) is 7.78. The Balaban J connectivity index is 2.98. The van der Waals surface area contributed by atoms with Gasteiger partial charge in [-0.1, -0.05) is 12.1 Å². The molecule has 0 fully saturated rings. The van der Waals surface area contributed by atoms with Crippen LogP contribution in [0.1, 0.15) is 24.2 Å². The first-order valence-electron chi connectivity index (χ1n) is 5.12. The van der Waals surface area contributed by atoms with Crippen LogP contribution in [0.15, 0.2) is 18.2 Å². The van der Waals surface area contributed by atoms with Gasteiger partial charge < -0.3 is 15.2 Å². The lowest BCUT2D eigenvalue weighted by atomic mass is 10.0. The number of hydrogen-bond acceptors (Lipinski definition) is 3. The molecule has 0 aliphatic carbocycles. The molecule has 0 aliphatic heterocycles. The van der Waals surface area contributed by atoms with Gasteiger partial charge in [0, 0.05) is 12.7 Å². The Bertz CT molecular complexity index is 312. The fourth-order valence-corrected chi connectivity index (χ4v) is 1.54. The highest BCUT2D eigenvalue weighted by atomic mass is 16.5. The molecule has 1 unspecified atom stereocenters. The third kappa shape index (κ3) is 2.94. The minimum atomic E-state index is 0.0480. The first-order valence-corrected chi connectivity index (χ1v) is 5.12. The molecular formula is C12H19NO2. The number of nitrogens with two attached hydrogens (primary N) is 1. The van der Waals surface area contributed by atoms with Crippen LogP contribution in [0.25, 0.3) is 0 Å². The van der Waals surface area contributed by atoms with Gasteiger partial charge in [-0.2, -0.15) is 0 Å². The molecule has 0 spiro atoms. The highest BCUT2D eigenvalue weighted by Crippen LogP contribution is 2.28. The quantitative estimate of drug-likeness (QED) is 0.805. The minimum absolute atomic E-state index is 0.0480. The maximum Gasteiger partial charge on any atom is 0.124 e. The van der Waals surface area contributed by atoms with Gasteiger partial charge in [0.25, 0.3) is 0 Å². The molecule has 0 heterocycles. The summed E-state index contributed by atoms with van der Waals surface area (Å²) in [6.07, 6.45) is 0.921. The molecule has 1 atom stereocenters. The van der Waals surface area contributed by atoms with Gasteiger partial charge in [0.2, 0.25) is 0 Å². The van der Waals surface area contributed by atoms with Crippen LogP contribution < -0.4 is 10.5 Å². The van der Waals surface area contributed by atoms with E-state index in [0.29, 0.717) is 6.54 Å². The largest absolute Gasteiger partial charge is 0.496 e. The van der Waals surface area contributed by atoms with E-state index in [1.54, 1.807) is 14.2 Å². The predicted octanol–water partition coefficient (Wildman–Crippen LogP) is 1.90. The molecule has 3 heteroatoms. The van der Waals surface area contributed by atoms with Gasteiger partial charge >= 0.3 is 0 Å². The third-order valence-corrected chi connectivity index (χ3v) is 2.52. The first kappa shape index (κ1) is 12.0. The molecule has 0 amide bonds. The fourth-order valence-electron chi connectivity index (χ4n) is 1.54. The Morgan fingerprint density at radius 2 is 2.07 bits per heavy atom. The van der Waals surface area contributed by atoms with Crippen molar-refractivity contribution in [2.45, 2.75) is 19.4 Å². The van der Waals surface area contributed by atoms with E-state index in [0.717, 1.165) is 17.7 Å². The highest BCUT2D eigenvalue weighted by Gasteiger charge is 2.10. The van der Waals surface area contributed by atoms with E-state index in [2.05, 4.69) is 6.07 Å². The molecule has 2 N–H and O–H groups in total. The molecular weight excluding hydrogens is 190 g/mol. The topological polar surface area (TPSA) is 44.5 Å². The van der Waals surface area contributed by atoms with Crippen molar-refractivity contribution in [3.05, 3.63) is 29.3 Å². The summed E-state index contributed by atoms with van der Waals surface area (Å²) in [4.78, 5) is 0. The van der Waals surface area contributed by atoms with Gasteiger partial charge in [0.05, 0.1) is 13.2 Å². The van der Waals surface area contributed by atoms with Crippen molar-refractivity contribution in [3.63, 3.8) is 0 Å². The second-order valence-corrected chi connectivity index (χ2v) is 3.49. The van der Waals surface area contributed by atoms with Crippen molar-refractivity contribution in [2.75, 3.05) is 20.8 Å². The van der Waals surface area contributed by atoms with E-state index in [1.807, 2.05) is 19.1 Å². The number of ether oxygens (including phenoxy) is 2. The van der Waals surface area contributed by atoms with E-state index in [9.17, 15) is 0 Å². The summed E-state index contributed by atoms with van der Waals surface area (Å²) in [7, 11) is 3.37. The van der Waals surface area contributed by atoms with Crippen molar-refractivity contribution in [2.24, 2.45) is 5.73 Å². The lowest BCUT2D eigenvalue weighted by Gasteiger charge is -2.15. The molecule has 1 aromatic carbocycles. The minimum Gasteiger partial charge on any atom is -0.496 e. The Kier molecular flexibility index (Phi) is 4.59. The Labute approximate surface area is 91.2 Å². The molecule has 15 heavy (non-hydrogen) atoms. The summed E-state index contributed by atoms with van der Waals surface area (Å²) >= 11 is 0. The summed E-state index contributed by atoms with van der Waals surface area (Å²) in [5, 5.41) is 0. The van der Waals surface area contributed by atoms with Gasteiger partial charge in [0.1, 0.15) is 5.75 Å². The number of methoxy groups -OCH3 is 2. The number of hydrogen-bond donors (Lipinski definition) is 1. The van der Waals surface area contributed by atoms with Crippen molar-refractivity contribution in [1.82, 2.24) is 0 Å². The summed E-state index contributed by atoms with van der Waals surface area (Å²) < 4.78 is 10.6. The lowest BCUT2D eigenvalue weighted by molar-refractivity contribution is 0.117. The second-order valence-electron chi connectivity index (χ2n) is 3.49. The summed E-state index contributed by atoms with van der Waals surface area (Å²) in [5.74, 6) is 0.871. The molecule has 0 aliphatic rings. The van der Waals surface area contributed by atoms with Gasteiger partial charge in [-0.25, -0.2) is 0 Å². The average Bonchev–Trinajstić information content (AvgIpc) is 2.28. The highest BCUT2D eigenvalue weighted by molar-refractivity contribution is 5.39. The Hall–Kier alpha value is -1.06. The summed E-state index contributed by atoms with van der Waals surface area (Å²) in [6.45, 7) is 2.66. The fraction of sp³-hybridized carbons (Fsp3) is 0.500. The standard InChI is InChI=1S/C12H19NO2/c1-9(14-2)11-5-4-10(6-7-13)8-12(11)15-3/h4-5,8-9H,6-7,13H2,1-3H3. The third-order valence-electron chi connectivity index (χ3n) is 2.52. The number of benzene rings is 1. The molecule has 0 aromatic heterocycles. The van der Waals surface area contributed by atoms with Crippen molar-refractivity contribution < 1.29 is 9.47 Å². The maximum absolute atomic E-state index is 5.51. The molecule has 0 saturated heterocycles. The Morgan fingerprint density at radius 1 is 1.33 bits per heavy atom. The smallest absolute Gasteiger partial charge is 0.124 e. The first-order chi connectivity index (χ1) is 7.22. The zero-order chi connectivity index (χ0) is 11.3. The zero-order valence-electron chi connectivity index (χ0n) is 9.62. The van der Waals surface area contributed by atoms with E-state index in [1.165, 1.54) is 5.56 Å². The van der Waals surface area contributed by atoms with Crippen LogP contribution in [0.2, 0.25) is 0 Å². The number of rotatable bonds is 5. The molecule has 0 bridgehead atoms. The lowest BCUT2D eigenvalue weighted by Crippen LogP contribution is -2.04. The zero-order valence-corrected chi connectivity index (χ0v) is 9.62. The monoisotopic (exact) mass is 209 g/mol. The predicted molar refractivity (Wildman–Crippen MR) is 61.2 cm³/mol. The van der Waals surface area contributed by atoms with E-state index >= 15 is 0 Å². The van der Waals surface area contributed by atoms with Crippen LogP contribution in [-0.2, 0) is 11.2 Å². The van der Waals surface area contributed by atoms with E-state index < -0.39 is 0 Å². The van der Waals surface area contributed by atoms with Crippen LogP contribution >= 0.6 is 0 Å². The van der Waals surface area contributed by atoms with Gasteiger partial charge in [-0.05, 0) is 31.5 Å². The molecule has 0 radical (unpaired) electrons. The average molecular weight is 209 g/mol. The van der Waals surface area contributed by atoms with E-state index in [4.69, 9.17) is 15.2 Å². The molecule has 84 valence electrons. The normalized spacial score (nSPS) is 12.5. The SMILES string of the molecule is COc1cc(CCN)ccc1C(C)OC. The van der Waals surface area contributed by atoms with Crippen LogP contribution in [0, 0.1) is 0 Å². The maximum atomic E-state index is 5.51. The van der Waals surface area contributed by atoms with E-state index in [-0.39, 0.29) is 6.10 Å². The van der Waals surface area contributed by atoms with Gasteiger partial charge in [-0.15, -0.1) is 0 Å². The van der Waals surface area contributed by atoms with Crippen molar-refractivity contribution in [3.8, 4) is 5.75 Å². The second kappa shape index (κ2) is 5.73. The summed E-state index contributed by atoms with van der Waals surface area (Å²) in [6, 6.07) is 6.13. The van der Waals surface area contributed by atoms with Crippen LogP contribution in [0.4, 0.5) is 0 Å².